The molecular formula is C17H23Cl2N3O5S. The molecule has 11 heteroatoms. The smallest absolute Gasteiger partial charge is 0.407 e. The predicted octanol–water partition coefficient (Wildman–Crippen LogP) is 2.69. The molecule has 1 aliphatic carbocycles. The fraction of sp³-hybridized carbons (Fsp3) is 0.529. The molecule has 0 aliphatic heterocycles. The molecular weight excluding hydrogens is 429 g/mol. The second kappa shape index (κ2) is 8.86. The van der Waals surface area contributed by atoms with Gasteiger partial charge in [-0.25, -0.2) is 17.9 Å². The summed E-state index contributed by atoms with van der Waals surface area (Å²) < 4.78 is 32.4. The van der Waals surface area contributed by atoms with Crippen molar-refractivity contribution in [3.63, 3.8) is 0 Å². The van der Waals surface area contributed by atoms with Gasteiger partial charge in [0.15, 0.2) is 0 Å². The number of carbonyl (C=O) groups excluding carboxylic acids is 2. The predicted molar refractivity (Wildman–Crippen MR) is 106 cm³/mol. The van der Waals surface area contributed by atoms with Crippen molar-refractivity contribution in [2.24, 2.45) is 0 Å². The lowest BCUT2D eigenvalue weighted by Crippen LogP contribution is -2.38. The van der Waals surface area contributed by atoms with E-state index in [-0.39, 0.29) is 39.6 Å². The van der Waals surface area contributed by atoms with Crippen molar-refractivity contribution < 1.29 is 22.7 Å². The third-order valence-electron chi connectivity index (χ3n) is 3.53. The van der Waals surface area contributed by atoms with Crippen molar-refractivity contribution in [2.75, 3.05) is 13.1 Å². The van der Waals surface area contributed by atoms with Crippen molar-refractivity contribution in [1.82, 2.24) is 15.4 Å². The molecule has 1 aromatic rings. The molecule has 0 saturated heterocycles. The molecule has 1 aromatic carbocycles. The van der Waals surface area contributed by atoms with E-state index in [1.165, 1.54) is 6.07 Å². The Labute approximate surface area is 174 Å². The highest BCUT2D eigenvalue weighted by Gasteiger charge is 2.30. The van der Waals surface area contributed by atoms with Gasteiger partial charge >= 0.3 is 6.09 Å². The summed E-state index contributed by atoms with van der Waals surface area (Å²) in [5.41, 5.74) is -0.653. The molecule has 0 bridgehead atoms. The number of halogens is 2. The van der Waals surface area contributed by atoms with Gasteiger partial charge in [0.2, 0.25) is 10.0 Å². The van der Waals surface area contributed by atoms with Crippen LogP contribution < -0.4 is 15.4 Å². The summed E-state index contributed by atoms with van der Waals surface area (Å²) in [6.45, 7) is 5.43. The van der Waals surface area contributed by atoms with Gasteiger partial charge < -0.3 is 15.4 Å². The summed E-state index contributed by atoms with van der Waals surface area (Å²) in [6, 6.07) is 2.26. The Morgan fingerprint density at radius 3 is 2.29 bits per heavy atom. The molecule has 3 N–H and O–H groups in total. The number of nitrogens with one attached hydrogen (secondary N) is 3. The number of carbonyl (C=O) groups is 2. The van der Waals surface area contributed by atoms with E-state index < -0.39 is 27.6 Å². The summed E-state index contributed by atoms with van der Waals surface area (Å²) in [5, 5.41) is 5.01. The van der Waals surface area contributed by atoms with Crippen molar-refractivity contribution in [3.05, 3.63) is 27.7 Å². The van der Waals surface area contributed by atoms with E-state index in [9.17, 15) is 18.0 Å². The lowest BCUT2D eigenvalue weighted by Gasteiger charge is -2.19. The first-order chi connectivity index (χ1) is 12.9. The van der Waals surface area contributed by atoms with Gasteiger partial charge in [0, 0.05) is 19.1 Å². The van der Waals surface area contributed by atoms with Gasteiger partial charge in [0.25, 0.3) is 5.91 Å². The van der Waals surface area contributed by atoms with Crippen molar-refractivity contribution in [2.45, 2.75) is 50.2 Å². The van der Waals surface area contributed by atoms with Gasteiger partial charge in [-0.3, -0.25) is 4.79 Å². The molecule has 0 heterocycles. The third kappa shape index (κ3) is 6.80. The first-order valence-electron chi connectivity index (χ1n) is 8.65. The average Bonchev–Trinajstić information content (AvgIpc) is 3.32. The minimum atomic E-state index is -3.85. The first kappa shape index (κ1) is 22.7. The van der Waals surface area contributed by atoms with E-state index in [2.05, 4.69) is 15.4 Å². The van der Waals surface area contributed by atoms with Crippen LogP contribution in [0.25, 0.3) is 0 Å². The van der Waals surface area contributed by atoms with Gasteiger partial charge in [-0.1, -0.05) is 23.2 Å². The van der Waals surface area contributed by atoms with Crippen molar-refractivity contribution in [3.8, 4) is 0 Å². The van der Waals surface area contributed by atoms with Crippen LogP contribution in [-0.2, 0) is 14.8 Å². The summed E-state index contributed by atoms with van der Waals surface area (Å²) in [5.74, 6) is -0.587. The van der Waals surface area contributed by atoms with Crippen LogP contribution in [-0.4, -0.2) is 45.2 Å². The van der Waals surface area contributed by atoms with E-state index in [1.54, 1.807) is 20.8 Å². The van der Waals surface area contributed by atoms with Gasteiger partial charge in [0.05, 0.1) is 15.6 Å². The minimum Gasteiger partial charge on any atom is -0.444 e. The second-order valence-electron chi connectivity index (χ2n) is 7.34. The quantitative estimate of drug-likeness (QED) is 0.551. The molecule has 0 aromatic heterocycles. The summed E-state index contributed by atoms with van der Waals surface area (Å²) in [6.07, 6.45) is 0.927. The first-order valence-corrected chi connectivity index (χ1v) is 10.9. The molecule has 8 nitrogen and oxygen atoms in total. The third-order valence-corrected chi connectivity index (χ3v) is 5.83. The normalized spacial score (nSPS) is 14.5. The number of amides is 2. The zero-order valence-corrected chi connectivity index (χ0v) is 18.1. The van der Waals surface area contributed by atoms with Crippen LogP contribution in [0, 0.1) is 0 Å². The number of ether oxygens (including phenoxy) is 1. The Morgan fingerprint density at radius 1 is 1.11 bits per heavy atom. The lowest BCUT2D eigenvalue weighted by molar-refractivity contribution is 0.0526. The van der Waals surface area contributed by atoms with Crippen molar-refractivity contribution in [1.29, 1.82) is 0 Å². The highest BCUT2D eigenvalue weighted by atomic mass is 35.5. The van der Waals surface area contributed by atoms with Crippen LogP contribution in [0.2, 0.25) is 10.0 Å². The van der Waals surface area contributed by atoms with Gasteiger partial charge in [-0.2, -0.15) is 0 Å². The molecule has 1 saturated carbocycles. The topological polar surface area (TPSA) is 114 Å². The minimum absolute atomic E-state index is 0.0213. The fourth-order valence-corrected chi connectivity index (χ4v) is 4.31. The molecule has 28 heavy (non-hydrogen) atoms. The highest BCUT2D eigenvalue weighted by molar-refractivity contribution is 7.89. The van der Waals surface area contributed by atoms with E-state index >= 15 is 0 Å². The van der Waals surface area contributed by atoms with E-state index in [4.69, 9.17) is 27.9 Å². The van der Waals surface area contributed by atoms with Crippen LogP contribution in [0.4, 0.5) is 4.79 Å². The van der Waals surface area contributed by atoms with Crippen molar-refractivity contribution >= 4 is 45.2 Å². The van der Waals surface area contributed by atoms with E-state index in [1.807, 2.05) is 0 Å². The molecule has 2 amide bonds. The Bertz CT molecular complexity index is 864. The molecule has 0 unspecified atom stereocenters. The van der Waals surface area contributed by atoms with E-state index in [0.29, 0.717) is 0 Å². The maximum absolute atomic E-state index is 12.4. The van der Waals surface area contributed by atoms with Gasteiger partial charge in [-0.15, -0.1) is 0 Å². The number of hydrogen-bond acceptors (Lipinski definition) is 5. The monoisotopic (exact) mass is 451 g/mol. The van der Waals surface area contributed by atoms with Crippen LogP contribution in [0.3, 0.4) is 0 Å². The molecule has 0 spiro atoms. The Hall–Kier alpha value is -1.55. The van der Waals surface area contributed by atoms with E-state index in [0.717, 1.165) is 18.9 Å². The number of alkyl carbamates (subject to hydrolysis) is 1. The zero-order chi connectivity index (χ0) is 21.1. The number of sulfonamides is 1. The van der Waals surface area contributed by atoms with Crippen LogP contribution in [0.1, 0.15) is 44.0 Å². The van der Waals surface area contributed by atoms with Gasteiger partial charge in [0.1, 0.15) is 10.5 Å². The standard InChI is InChI=1S/C17H23Cl2N3O5S/c1-17(2,3)27-16(24)21-7-6-20-15(23)11-8-14(13(19)9-12(11)18)28(25,26)22-10-4-5-10/h8-10,22H,4-7H2,1-3H3,(H,20,23)(H,21,24). The van der Waals surface area contributed by atoms with Gasteiger partial charge in [-0.05, 0) is 45.7 Å². The molecule has 0 atom stereocenters. The number of rotatable bonds is 7. The lowest BCUT2D eigenvalue weighted by atomic mass is 10.2. The fourth-order valence-electron chi connectivity index (χ4n) is 2.14. The average molecular weight is 452 g/mol. The largest absolute Gasteiger partial charge is 0.444 e. The molecule has 1 aliphatic rings. The zero-order valence-electron chi connectivity index (χ0n) is 15.8. The van der Waals surface area contributed by atoms with Crippen LogP contribution >= 0.6 is 23.2 Å². The Morgan fingerprint density at radius 2 is 1.71 bits per heavy atom. The SMILES string of the molecule is CC(C)(C)OC(=O)NCCNC(=O)c1cc(S(=O)(=O)NC2CC2)c(Cl)cc1Cl. The Balaban J connectivity index is 1.99. The molecule has 2 rings (SSSR count). The molecule has 156 valence electrons. The maximum Gasteiger partial charge on any atom is 0.407 e. The van der Waals surface area contributed by atoms with Crippen LogP contribution in [0.15, 0.2) is 17.0 Å². The second-order valence-corrected chi connectivity index (χ2v) is 9.84. The number of hydrogen-bond donors (Lipinski definition) is 3. The number of benzene rings is 1. The summed E-state index contributed by atoms with van der Waals surface area (Å²) in [7, 11) is -3.85. The Kier molecular flexibility index (Phi) is 7.19. The van der Waals surface area contributed by atoms with Crippen LogP contribution in [0.5, 0.6) is 0 Å². The summed E-state index contributed by atoms with van der Waals surface area (Å²) in [4.78, 5) is 23.7. The highest BCUT2D eigenvalue weighted by Crippen LogP contribution is 2.30. The summed E-state index contributed by atoms with van der Waals surface area (Å²) >= 11 is 12.1. The maximum atomic E-state index is 12.4. The molecule has 1 fully saturated rings. The molecule has 0 radical (unpaired) electrons.